The van der Waals surface area contributed by atoms with Crippen molar-refractivity contribution in [2.24, 2.45) is 0 Å². The van der Waals surface area contributed by atoms with Crippen LogP contribution in [0.4, 0.5) is 5.69 Å². The molecule has 0 fully saturated rings. The molecule has 3 heteroatoms. The average Bonchev–Trinajstić information content (AvgIpc) is 2.94. The fourth-order valence-electron chi connectivity index (χ4n) is 3.14. The normalized spacial score (nSPS) is 16.2. The van der Waals surface area contributed by atoms with Crippen molar-refractivity contribution in [1.82, 2.24) is 4.90 Å². The van der Waals surface area contributed by atoms with Crippen LogP contribution in [0.1, 0.15) is 35.3 Å². The number of ketones is 1. The number of rotatable bonds is 6. The van der Waals surface area contributed by atoms with E-state index in [1.807, 2.05) is 30.3 Å². The van der Waals surface area contributed by atoms with Gasteiger partial charge in [-0.2, -0.15) is 0 Å². The second-order valence-electron chi connectivity index (χ2n) is 6.33. The molecule has 3 nitrogen and oxygen atoms in total. The summed E-state index contributed by atoms with van der Waals surface area (Å²) in [7, 11) is 0. The fourth-order valence-corrected chi connectivity index (χ4v) is 3.14. The predicted molar refractivity (Wildman–Crippen MR) is 95.0 cm³/mol. The quantitative estimate of drug-likeness (QED) is 0.825. The molecule has 2 aromatic carbocycles. The van der Waals surface area contributed by atoms with Crippen molar-refractivity contribution < 1.29 is 4.79 Å². The Balaban J connectivity index is 1.67. The molecule has 0 spiro atoms. The van der Waals surface area contributed by atoms with Gasteiger partial charge in [-0.05, 0) is 49.2 Å². The van der Waals surface area contributed by atoms with Gasteiger partial charge in [-0.3, -0.25) is 9.69 Å². The molecule has 1 heterocycles. The Hall–Kier alpha value is -2.13. The average molecular weight is 308 g/mol. The molecule has 0 saturated carbocycles. The van der Waals surface area contributed by atoms with Crippen LogP contribution in [0.15, 0.2) is 48.5 Å². The van der Waals surface area contributed by atoms with Gasteiger partial charge in [0, 0.05) is 23.8 Å². The van der Waals surface area contributed by atoms with Crippen LogP contribution in [0.25, 0.3) is 0 Å². The summed E-state index contributed by atoms with van der Waals surface area (Å²) < 4.78 is 0. The number of fused-ring (bicyclic) bond motifs is 1. The molecular weight excluding hydrogens is 284 g/mol. The fraction of sp³-hybridized carbons (Fsp3) is 0.350. The Morgan fingerprint density at radius 1 is 1.22 bits per heavy atom. The molecule has 2 aromatic rings. The van der Waals surface area contributed by atoms with Gasteiger partial charge >= 0.3 is 0 Å². The molecule has 1 N–H and O–H groups in total. The highest BCUT2D eigenvalue weighted by molar-refractivity contribution is 5.98. The summed E-state index contributed by atoms with van der Waals surface area (Å²) in [5, 5.41) is 3.43. The standard InChI is InChI=1S/C20H24N2O/c1-3-22(13-16-7-5-4-6-8-16)14-20(23)17-9-10-19-18(12-17)11-15(2)21-19/h4-10,12,15,21H,3,11,13-14H2,1-2H3. The molecule has 3 rings (SSSR count). The van der Waals surface area contributed by atoms with E-state index >= 15 is 0 Å². The second kappa shape index (κ2) is 6.97. The molecule has 0 aliphatic carbocycles. The highest BCUT2D eigenvalue weighted by Crippen LogP contribution is 2.26. The zero-order chi connectivity index (χ0) is 16.2. The van der Waals surface area contributed by atoms with Crippen LogP contribution >= 0.6 is 0 Å². The van der Waals surface area contributed by atoms with Gasteiger partial charge in [-0.1, -0.05) is 37.3 Å². The van der Waals surface area contributed by atoms with E-state index in [9.17, 15) is 4.79 Å². The molecule has 1 aliphatic heterocycles. The van der Waals surface area contributed by atoms with Crippen molar-refractivity contribution in [2.45, 2.75) is 32.9 Å². The SMILES string of the molecule is CCN(CC(=O)c1ccc2c(c1)CC(C)N2)Cc1ccccc1. The summed E-state index contributed by atoms with van der Waals surface area (Å²) in [5.41, 5.74) is 4.50. The maximum atomic E-state index is 12.6. The van der Waals surface area contributed by atoms with E-state index in [4.69, 9.17) is 0 Å². The number of carbonyl (C=O) groups is 1. The number of benzene rings is 2. The van der Waals surface area contributed by atoms with Crippen molar-refractivity contribution in [2.75, 3.05) is 18.4 Å². The largest absolute Gasteiger partial charge is 0.382 e. The lowest BCUT2D eigenvalue weighted by Crippen LogP contribution is -2.29. The third kappa shape index (κ3) is 3.80. The first-order chi connectivity index (χ1) is 11.2. The van der Waals surface area contributed by atoms with Gasteiger partial charge in [0.15, 0.2) is 5.78 Å². The second-order valence-corrected chi connectivity index (χ2v) is 6.33. The van der Waals surface area contributed by atoms with Gasteiger partial charge < -0.3 is 5.32 Å². The van der Waals surface area contributed by atoms with Crippen molar-refractivity contribution in [3.63, 3.8) is 0 Å². The van der Waals surface area contributed by atoms with E-state index in [0.717, 1.165) is 25.1 Å². The highest BCUT2D eigenvalue weighted by Gasteiger charge is 2.19. The maximum Gasteiger partial charge on any atom is 0.176 e. The number of nitrogens with zero attached hydrogens (tertiary/aromatic N) is 1. The minimum absolute atomic E-state index is 0.199. The van der Waals surface area contributed by atoms with Gasteiger partial charge in [0.2, 0.25) is 0 Å². The maximum absolute atomic E-state index is 12.6. The molecule has 120 valence electrons. The number of hydrogen-bond acceptors (Lipinski definition) is 3. The zero-order valence-electron chi connectivity index (χ0n) is 13.9. The Bertz CT molecular complexity index is 681. The summed E-state index contributed by atoms with van der Waals surface area (Å²) in [4.78, 5) is 14.8. The van der Waals surface area contributed by atoms with Gasteiger partial charge in [0.05, 0.1) is 6.54 Å². The highest BCUT2D eigenvalue weighted by atomic mass is 16.1. The number of hydrogen-bond donors (Lipinski definition) is 1. The molecule has 0 aromatic heterocycles. The first-order valence-electron chi connectivity index (χ1n) is 8.34. The third-order valence-corrected chi connectivity index (χ3v) is 4.42. The minimum Gasteiger partial charge on any atom is -0.382 e. The lowest BCUT2D eigenvalue weighted by Gasteiger charge is -2.19. The van der Waals surface area contributed by atoms with Gasteiger partial charge in [0.1, 0.15) is 0 Å². The van der Waals surface area contributed by atoms with Gasteiger partial charge in [-0.15, -0.1) is 0 Å². The Morgan fingerprint density at radius 3 is 2.74 bits per heavy atom. The van der Waals surface area contributed by atoms with E-state index in [0.29, 0.717) is 12.6 Å². The van der Waals surface area contributed by atoms with E-state index in [2.05, 4.69) is 42.3 Å². The lowest BCUT2D eigenvalue weighted by atomic mass is 10.0. The molecule has 0 saturated heterocycles. The van der Waals surface area contributed by atoms with Crippen LogP contribution in [-0.2, 0) is 13.0 Å². The Morgan fingerprint density at radius 2 is 2.00 bits per heavy atom. The number of nitrogens with one attached hydrogen (secondary N) is 1. The summed E-state index contributed by atoms with van der Waals surface area (Å²) in [6.45, 7) is 6.41. The van der Waals surface area contributed by atoms with E-state index < -0.39 is 0 Å². The lowest BCUT2D eigenvalue weighted by molar-refractivity contribution is 0.0929. The van der Waals surface area contributed by atoms with E-state index in [-0.39, 0.29) is 5.78 Å². The summed E-state index contributed by atoms with van der Waals surface area (Å²) in [6, 6.07) is 16.8. The van der Waals surface area contributed by atoms with Crippen LogP contribution in [0.2, 0.25) is 0 Å². The molecule has 0 bridgehead atoms. The van der Waals surface area contributed by atoms with Crippen LogP contribution < -0.4 is 5.32 Å². The van der Waals surface area contributed by atoms with E-state index in [1.54, 1.807) is 0 Å². The summed E-state index contributed by atoms with van der Waals surface area (Å²) in [5.74, 6) is 0.199. The summed E-state index contributed by atoms with van der Waals surface area (Å²) >= 11 is 0. The number of Topliss-reactive ketones (excluding diaryl/α,β-unsaturated/α-hetero) is 1. The summed E-state index contributed by atoms with van der Waals surface area (Å²) in [6.07, 6.45) is 0.998. The third-order valence-electron chi connectivity index (χ3n) is 4.42. The van der Waals surface area contributed by atoms with Crippen molar-refractivity contribution in [1.29, 1.82) is 0 Å². The number of anilines is 1. The smallest absolute Gasteiger partial charge is 0.176 e. The first-order valence-corrected chi connectivity index (χ1v) is 8.34. The topological polar surface area (TPSA) is 32.3 Å². The van der Waals surface area contributed by atoms with Crippen LogP contribution in [0.3, 0.4) is 0 Å². The van der Waals surface area contributed by atoms with Crippen LogP contribution in [0, 0.1) is 0 Å². The molecule has 1 unspecified atom stereocenters. The van der Waals surface area contributed by atoms with Gasteiger partial charge in [0.25, 0.3) is 0 Å². The van der Waals surface area contributed by atoms with Gasteiger partial charge in [-0.25, -0.2) is 0 Å². The van der Waals surface area contributed by atoms with Crippen LogP contribution in [-0.4, -0.2) is 29.8 Å². The Labute approximate surface area is 138 Å². The molecule has 1 aliphatic rings. The number of likely N-dealkylation sites (N-methyl/N-ethyl adjacent to an activating group) is 1. The van der Waals surface area contributed by atoms with E-state index in [1.165, 1.54) is 16.8 Å². The molecule has 1 atom stereocenters. The first kappa shape index (κ1) is 15.8. The van der Waals surface area contributed by atoms with Crippen molar-refractivity contribution >= 4 is 11.5 Å². The van der Waals surface area contributed by atoms with Crippen LogP contribution in [0.5, 0.6) is 0 Å². The van der Waals surface area contributed by atoms with Crippen molar-refractivity contribution in [3.8, 4) is 0 Å². The monoisotopic (exact) mass is 308 g/mol. The van der Waals surface area contributed by atoms with Crippen molar-refractivity contribution in [3.05, 3.63) is 65.2 Å². The molecule has 0 amide bonds. The molecule has 23 heavy (non-hydrogen) atoms. The predicted octanol–water partition coefficient (Wildman–Crippen LogP) is 3.75. The molecule has 0 radical (unpaired) electrons. The zero-order valence-corrected chi connectivity index (χ0v) is 13.9. The Kier molecular flexibility index (Phi) is 4.77. The molecular formula is C20H24N2O. The number of carbonyl (C=O) groups excluding carboxylic acids is 1. The minimum atomic E-state index is 0.199.